The summed E-state index contributed by atoms with van der Waals surface area (Å²) in [5, 5.41) is 20.4. The zero-order chi connectivity index (χ0) is 32.2. The van der Waals surface area contributed by atoms with E-state index in [1.165, 1.54) is 19.1 Å². The van der Waals surface area contributed by atoms with Crippen LogP contribution in [0.25, 0.3) is 16.9 Å². The molecule has 1 amide bonds. The molecule has 13 nitrogen and oxygen atoms in total. The average molecular weight is 639 g/mol. The summed E-state index contributed by atoms with van der Waals surface area (Å²) < 4.78 is 74.3. The van der Waals surface area contributed by atoms with Gasteiger partial charge in [-0.05, 0) is 50.1 Å². The summed E-state index contributed by atoms with van der Waals surface area (Å²) >= 11 is 0. The van der Waals surface area contributed by atoms with Gasteiger partial charge in [-0.15, -0.1) is 5.01 Å². The molecule has 2 aromatic carbocycles. The molecule has 1 aromatic heterocycles. The van der Waals surface area contributed by atoms with E-state index in [1.807, 2.05) is 11.6 Å². The van der Waals surface area contributed by atoms with Gasteiger partial charge in [-0.1, -0.05) is 29.8 Å². The van der Waals surface area contributed by atoms with Gasteiger partial charge in [-0.2, -0.15) is 18.3 Å². The fourth-order valence-electron chi connectivity index (χ4n) is 4.43. The summed E-state index contributed by atoms with van der Waals surface area (Å²) in [4.78, 5) is 28.4. The van der Waals surface area contributed by atoms with Crippen LogP contribution in [0.3, 0.4) is 0 Å². The highest BCUT2D eigenvalue weighted by atomic mass is 32.2. The maximum absolute atomic E-state index is 13.5. The van der Waals surface area contributed by atoms with Crippen LogP contribution in [-0.4, -0.2) is 59.4 Å². The molecule has 1 aliphatic rings. The lowest BCUT2D eigenvalue weighted by molar-refractivity contribution is -0.715. The van der Waals surface area contributed by atoms with Crippen molar-refractivity contribution in [1.82, 2.24) is 19.5 Å². The number of nitrogens with zero attached hydrogens (tertiary/aromatic N) is 5. The van der Waals surface area contributed by atoms with Crippen molar-refractivity contribution < 1.29 is 45.7 Å². The molecular formula is C27H29F3N6O7S. The van der Waals surface area contributed by atoms with Crippen LogP contribution in [0.1, 0.15) is 37.9 Å². The number of rotatable bonds is 9. The summed E-state index contributed by atoms with van der Waals surface area (Å²) in [6, 6.07) is 12.5. The molecule has 1 fully saturated rings. The largest absolute Gasteiger partial charge is 0.569 e. The molecular weight excluding hydrogens is 609 g/mol. The van der Waals surface area contributed by atoms with Crippen molar-refractivity contribution in [3.05, 3.63) is 71.1 Å². The molecule has 3 aromatic rings. The Morgan fingerprint density at radius 2 is 1.82 bits per heavy atom. The molecule has 2 heterocycles. The van der Waals surface area contributed by atoms with Gasteiger partial charge in [-0.3, -0.25) is 14.4 Å². The highest BCUT2D eigenvalue weighted by molar-refractivity contribution is 7.90. The first-order chi connectivity index (χ1) is 20.6. The third-order valence-corrected chi connectivity index (χ3v) is 7.95. The van der Waals surface area contributed by atoms with E-state index in [-0.39, 0.29) is 40.8 Å². The van der Waals surface area contributed by atoms with Crippen LogP contribution in [0.2, 0.25) is 0 Å². The molecule has 0 bridgehead atoms. The number of nitrogens with one attached hydrogen (secondary N) is 1. The van der Waals surface area contributed by atoms with Crippen LogP contribution < -0.4 is 4.72 Å². The van der Waals surface area contributed by atoms with Crippen LogP contribution in [0.15, 0.2) is 64.8 Å². The number of carbonyl (C=O) groups excluding carboxylic acids is 2. The Bertz CT molecular complexity index is 1640. The van der Waals surface area contributed by atoms with Crippen molar-refractivity contribution >= 4 is 21.9 Å². The zero-order valence-electron chi connectivity index (χ0n) is 23.8. The van der Waals surface area contributed by atoms with E-state index in [0.29, 0.717) is 12.0 Å². The number of alkyl halides is 3. The number of hydrogen-bond donors (Lipinski definition) is 1. The SMILES string of the molecule is CC(=O)OC(C)O/N=[N+](/[O-])N1CCCC(C(=O)NS(=O)(=O)c2ccc(-n3nc(C(F)(F)F)cc3-c3ccc(C)cc3)cc2)C1. The number of ether oxygens (including phenoxy) is 1. The highest BCUT2D eigenvalue weighted by Crippen LogP contribution is 2.33. The Labute approximate surface area is 250 Å². The Balaban J connectivity index is 1.48. The van der Waals surface area contributed by atoms with E-state index in [0.717, 1.165) is 40.4 Å². The smallest absolute Gasteiger partial charge is 0.435 e. The summed E-state index contributed by atoms with van der Waals surface area (Å²) in [7, 11) is -4.38. The highest BCUT2D eigenvalue weighted by Gasteiger charge is 2.36. The second-order valence-electron chi connectivity index (χ2n) is 10.0. The van der Waals surface area contributed by atoms with E-state index in [1.54, 1.807) is 24.3 Å². The van der Waals surface area contributed by atoms with Gasteiger partial charge in [0.2, 0.25) is 11.2 Å². The first kappa shape index (κ1) is 32.2. The van der Waals surface area contributed by atoms with Gasteiger partial charge >= 0.3 is 12.1 Å². The molecule has 44 heavy (non-hydrogen) atoms. The van der Waals surface area contributed by atoms with Crippen molar-refractivity contribution in [1.29, 1.82) is 0 Å². The van der Waals surface area contributed by atoms with Gasteiger partial charge in [0.1, 0.15) is 0 Å². The van der Waals surface area contributed by atoms with Crippen LogP contribution in [0.5, 0.6) is 0 Å². The van der Waals surface area contributed by atoms with E-state index in [4.69, 9.17) is 9.57 Å². The minimum absolute atomic E-state index is 0.0943. The van der Waals surface area contributed by atoms with Gasteiger partial charge in [-0.25, -0.2) is 17.8 Å². The number of esters is 1. The van der Waals surface area contributed by atoms with E-state index >= 15 is 0 Å². The van der Waals surface area contributed by atoms with Crippen molar-refractivity contribution in [2.24, 2.45) is 11.2 Å². The molecule has 0 spiro atoms. The number of hydrogen-bond acceptors (Lipinski definition) is 9. The number of benzene rings is 2. The monoisotopic (exact) mass is 638 g/mol. The Morgan fingerprint density at radius 1 is 1.16 bits per heavy atom. The lowest BCUT2D eigenvalue weighted by Crippen LogP contribution is -2.46. The Morgan fingerprint density at radius 3 is 2.43 bits per heavy atom. The fourth-order valence-corrected chi connectivity index (χ4v) is 5.47. The molecule has 0 saturated carbocycles. The third kappa shape index (κ3) is 7.83. The molecule has 1 N–H and O–H groups in total. The minimum atomic E-state index is -4.71. The van der Waals surface area contributed by atoms with Gasteiger partial charge in [0.25, 0.3) is 16.3 Å². The molecule has 2 unspecified atom stereocenters. The summed E-state index contributed by atoms with van der Waals surface area (Å²) in [5.41, 5.74) is 0.573. The Hall–Kier alpha value is -4.67. The maximum atomic E-state index is 13.5. The van der Waals surface area contributed by atoms with E-state index in [9.17, 15) is 36.4 Å². The van der Waals surface area contributed by atoms with Gasteiger partial charge in [0.15, 0.2) is 5.69 Å². The normalized spacial score (nSPS) is 16.7. The third-order valence-electron chi connectivity index (χ3n) is 6.58. The number of sulfonamides is 1. The average Bonchev–Trinajstić information content (AvgIpc) is 3.42. The number of carbonyl (C=O) groups is 2. The van der Waals surface area contributed by atoms with Crippen LogP contribution in [0.4, 0.5) is 13.2 Å². The molecule has 2 atom stereocenters. The molecule has 236 valence electrons. The topological polar surface area (TPSA) is 158 Å². The Kier molecular flexibility index (Phi) is 9.46. The quantitative estimate of drug-likeness (QED) is 0.120. The van der Waals surface area contributed by atoms with Crippen LogP contribution >= 0.6 is 0 Å². The second-order valence-corrected chi connectivity index (χ2v) is 11.7. The molecule has 4 rings (SSSR count). The molecule has 17 heteroatoms. The second kappa shape index (κ2) is 12.9. The predicted octanol–water partition coefficient (Wildman–Crippen LogP) is 4.10. The fraction of sp³-hybridized carbons (Fsp3) is 0.370. The van der Waals surface area contributed by atoms with Crippen LogP contribution in [0, 0.1) is 18.0 Å². The first-order valence-electron chi connectivity index (χ1n) is 13.3. The lowest BCUT2D eigenvalue weighted by Gasteiger charge is -2.28. The number of amides is 1. The number of aromatic nitrogens is 2. The number of piperidine rings is 1. The van der Waals surface area contributed by atoms with E-state index in [2.05, 4.69) is 10.4 Å². The number of halogens is 3. The van der Waals surface area contributed by atoms with Crippen LogP contribution in [-0.2, 0) is 35.4 Å². The number of hydrazine groups is 1. The van der Waals surface area contributed by atoms with Crippen molar-refractivity contribution in [2.45, 2.75) is 51.0 Å². The predicted molar refractivity (Wildman–Crippen MR) is 147 cm³/mol. The number of aryl methyl sites for hydroxylation is 1. The first-order valence-corrected chi connectivity index (χ1v) is 14.8. The summed E-state index contributed by atoms with van der Waals surface area (Å²) in [6.07, 6.45) is -5.18. The van der Waals surface area contributed by atoms with Crippen molar-refractivity contribution in [3.63, 3.8) is 0 Å². The molecule has 0 aliphatic carbocycles. The zero-order valence-corrected chi connectivity index (χ0v) is 24.6. The molecule has 1 aliphatic heterocycles. The minimum Gasteiger partial charge on any atom is -0.569 e. The molecule has 0 radical (unpaired) electrons. The lowest BCUT2D eigenvalue weighted by atomic mass is 9.99. The van der Waals surface area contributed by atoms with Gasteiger partial charge in [0.05, 0.1) is 40.3 Å². The van der Waals surface area contributed by atoms with Gasteiger partial charge < -0.3 is 9.94 Å². The van der Waals surface area contributed by atoms with Gasteiger partial charge in [0, 0.05) is 19.4 Å². The standard InChI is InChI=1S/C27H29F3N6O7S/c1-17-6-8-20(9-7-17)24-15-25(27(28,29)30)31-35(24)22-10-12-23(13-11-22)44(40,41)32-26(38)21-5-4-14-34(16-21)36(39)33-43-19(3)42-18(2)37/h6-13,15,19,21H,4-5,14,16H2,1-3H3,(H,32,38)/b36-33+. The summed E-state index contributed by atoms with van der Waals surface area (Å²) in [6.45, 7) is 4.39. The summed E-state index contributed by atoms with van der Waals surface area (Å²) in [5.74, 6) is -2.39. The van der Waals surface area contributed by atoms with E-state index < -0.39 is 46.0 Å². The van der Waals surface area contributed by atoms with Crippen molar-refractivity contribution in [2.75, 3.05) is 13.1 Å². The maximum Gasteiger partial charge on any atom is 0.435 e. The van der Waals surface area contributed by atoms with Crippen molar-refractivity contribution in [3.8, 4) is 16.9 Å². The molecule has 1 saturated heterocycles.